The fourth-order valence-corrected chi connectivity index (χ4v) is 2.54. The average Bonchev–Trinajstić information content (AvgIpc) is 2.85. The second-order valence-corrected chi connectivity index (χ2v) is 6.49. The van der Waals surface area contributed by atoms with E-state index in [1.807, 2.05) is 12.2 Å². The Hall–Kier alpha value is -2.23. The Morgan fingerprint density at radius 1 is 0.963 bits per heavy atom. The van der Waals surface area contributed by atoms with Gasteiger partial charge >= 0.3 is 5.97 Å². The predicted molar refractivity (Wildman–Crippen MR) is 110 cm³/mol. The van der Waals surface area contributed by atoms with E-state index >= 15 is 0 Å². The van der Waals surface area contributed by atoms with E-state index in [0.29, 0.717) is 37.8 Å². The van der Waals surface area contributed by atoms with Gasteiger partial charge < -0.3 is 14.2 Å². The first kappa shape index (κ1) is 22.8. The lowest BCUT2D eigenvalue weighted by Gasteiger charge is -2.13. The van der Waals surface area contributed by atoms with Crippen molar-refractivity contribution in [3.05, 3.63) is 59.6 Å². The normalized spacial score (nSPS) is 15.4. The van der Waals surface area contributed by atoms with Crippen molar-refractivity contribution in [2.75, 3.05) is 19.8 Å². The van der Waals surface area contributed by atoms with E-state index in [-0.39, 0.29) is 5.97 Å². The van der Waals surface area contributed by atoms with Crippen molar-refractivity contribution >= 4 is 5.97 Å². The van der Waals surface area contributed by atoms with Crippen LogP contribution in [0.15, 0.2) is 59.6 Å². The van der Waals surface area contributed by atoms with Crippen molar-refractivity contribution in [2.24, 2.45) is 0 Å². The van der Waals surface area contributed by atoms with Gasteiger partial charge in [0.15, 0.2) is 0 Å². The second kappa shape index (κ2) is 13.0. The Labute approximate surface area is 164 Å². The molecule has 0 aromatic rings. The summed E-state index contributed by atoms with van der Waals surface area (Å²) in [7, 11) is 0. The predicted octanol–water partition coefficient (Wildman–Crippen LogP) is 5.78. The summed E-state index contributed by atoms with van der Waals surface area (Å²) in [5.41, 5.74) is 2.73. The Morgan fingerprint density at radius 3 is 2.19 bits per heavy atom. The van der Waals surface area contributed by atoms with Crippen molar-refractivity contribution in [1.29, 1.82) is 0 Å². The summed E-state index contributed by atoms with van der Waals surface area (Å²) in [6, 6.07) is 0. The van der Waals surface area contributed by atoms with Gasteiger partial charge in [0, 0.05) is 11.6 Å². The fraction of sp³-hybridized carbons (Fsp3) is 0.522. The SMILES string of the molecule is C=C(OCCCC)C1=C/C(=C/C(=O)OCC)CCC(C(=C)OCCCC)=C1. The number of hydrogen-bond acceptors (Lipinski definition) is 4. The van der Waals surface area contributed by atoms with E-state index < -0.39 is 0 Å². The van der Waals surface area contributed by atoms with Gasteiger partial charge in [-0.1, -0.05) is 39.8 Å². The topological polar surface area (TPSA) is 44.8 Å². The summed E-state index contributed by atoms with van der Waals surface area (Å²) in [4.78, 5) is 11.9. The van der Waals surface area contributed by atoms with Gasteiger partial charge in [0.1, 0.15) is 11.5 Å². The molecule has 0 bridgehead atoms. The van der Waals surface area contributed by atoms with Crippen LogP contribution in [0.2, 0.25) is 0 Å². The summed E-state index contributed by atoms with van der Waals surface area (Å²) in [6.07, 6.45) is 11.0. The molecule has 0 aliphatic heterocycles. The molecule has 1 rings (SSSR count). The van der Waals surface area contributed by atoms with Crippen LogP contribution in [-0.2, 0) is 19.0 Å². The van der Waals surface area contributed by atoms with Crippen LogP contribution in [0.4, 0.5) is 0 Å². The van der Waals surface area contributed by atoms with E-state index in [9.17, 15) is 4.79 Å². The van der Waals surface area contributed by atoms with Crippen molar-refractivity contribution in [2.45, 2.75) is 59.3 Å². The van der Waals surface area contributed by atoms with Crippen LogP contribution in [-0.4, -0.2) is 25.8 Å². The fourth-order valence-electron chi connectivity index (χ4n) is 2.54. The Bertz CT molecular complexity index is 608. The standard InChI is InChI=1S/C23H34O4/c1-6-9-13-26-18(4)21-12-11-20(16-23(24)25-8-3)15-22(17-21)19(5)27-14-10-7-2/h15-17H,4-14H2,1-3H3/b20-16+. The molecule has 0 radical (unpaired) electrons. The maximum Gasteiger partial charge on any atom is 0.331 e. The van der Waals surface area contributed by atoms with Crippen LogP contribution < -0.4 is 0 Å². The molecule has 1 aliphatic carbocycles. The van der Waals surface area contributed by atoms with Crippen molar-refractivity contribution in [1.82, 2.24) is 0 Å². The van der Waals surface area contributed by atoms with Crippen LogP contribution in [0.25, 0.3) is 0 Å². The maximum atomic E-state index is 11.9. The third-order valence-corrected chi connectivity index (χ3v) is 4.17. The highest BCUT2D eigenvalue weighted by molar-refractivity contribution is 5.83. The van der Waals surface area contributed by atoms with E-state index in [2.05, 4.69) is 27.0 Å². The average molecular weight is 375 g/mol. The number of esters is 1. The molecule has 0 amide bonds. The van der Waals surface area contributed by atoms with Crippen molar-refractivity contribution < 1.29 is 19.0 Å². The molecule has 0 spiro atoms. The van der Waals surface area contributed by atoms with Crippen LogP contribution in [0.5, 0.6) is 0 Å². The van der Waals surface area contributed by atoms with Crippen LogP contribution in [0.1, 0.15) is 59.3 Å². The van der Waals surface area contributed by atoms with Gasteiger partial charge in [-0.25, -0.2) is 4.79 Å². The molecule has 0 N–H and O–H groups in total. The number of unbranched alkanes of at least 4 members (excludes halogenated alkanes) is 2. The van der Waals surface area contributed by atoms with Crippen LogP contribution in [0, 0.1) is 0 Å². The van der Waals surface area contributed by atoms with E-state index in [1.165, 1.54) is 0 Å². The molecule has 0 unspecified atom stereocenters. The minimum absolute atomic E-state index is 0.331. The Morgan fingerprint density at radius 2 is 1.59 bits per heavy atom. The molecule has 150 valence electrons. The molecule has 0 atom stereocenters. The summed E-state index contributed by atoms with van der Waals surface area (Å²) >= 11 is 0. The number of carbonyl (C=O) groups excluding carboxylic acids is 1. The maximum absolute atomic E-state index is 11.9. The number of hydrogen-bond donors (Lipinski definition) is 0. The smallest absolute Gasteiger partial charge is 0.331 e. The molecule has 4 nitrogen and oxygen atoms in total. The first-order valence-corrected chi connectivity index (χ1v) is 9.95. The van der Waals surface area contributed by atoms with Gasteiger partial charge in [-0.3, -0.25) is 0 Å². The van der Waals surface area contributed by atoms with Crippen LogP contribution in [0.3, 0.4) is 0 Å². The lowest BCUT2D eigenvalue weighted by atomic mass is 10.1. The second-order valence-electron chi connectivity index (χ2n) is 6.49. The molecule has 0 aromatic carbocycles. The third kappa shape index (κ3) is 8.80. The molecule has 0 heterocycles. The summed E-state index contributed by atoms with van der Waals surface area (Å²) in [5.74, 6) is 0.939. The molecular weight excluding hydrogens is 340 g/mol. The highest BCUT2D eigenvalue weighted by Crippen LogP contribution is 2.29. The van der Waals surface area contributed by atoms with Gasteiger partial charge in [0.25, 0.3) is 0 Å². The minimum Gasteiger partial charge on any atom is -0.494 e. The monoisotopic (exact) mass is 374 g/mol. The highest BCUT2D eigenvalue weighted by Gasteiger charge is 2.15. The molecule has 4 heteroatoms. The van der Waals surface area contributed by atoms with Crippen LogP contribution >= 0.6 is 0 Å². The Balaban J connectivity index is 2.99. The molecule has 0 saturated carbocycles. The van der Waals surface area contributed by atoms with E-state index in [4.69, 9.17) is 14.2 Å². The molecule has 27 heavy (non-hydrogen) atoms. The van der Waals surface area contributed by atoms with E-state index in [0.717, 1.165) is 48.8 Å². The molecule has 1 aliphatic rings. The number of rotatable bonds is 12. The summed E-state index contributed by atoms with van der Waals surface area (Å²) < 4.78 is 16.6. The molecule has 0 saturated heterocycles. The molecule has 0 aromatic heterocycles. The quantitative estimate of drug-likeness (QED) is 0.188. The minimum atomic E-state index is -0.331. The zero-order valence-electron chi connectivity index (χ0n) is 17.1. The van der Waals surface area contributed by atoms with Gasteiger partial charge in [0.05, 0.1) is 19.8 Å². The van der Waals surface area contributed by atoms with Gasteiger partial charge in [0.2, 0.25) is 0 Å². The first-order valence-electron chi connectivity index (χ1n) is 9.95. The van der Waals surface area contributed by atoms with Gasteiger partial charge in [-0.15, -0.1) is 0 Å². The Kier molecular flexibility index (Phi) is 11.0. The summed E-state index contributed by atoms with van der Waals surface area (Å²) in [5, 5.41) is 0. The number of ether oxygens (including phenoxy) is 3. The third-order valence-electron chi connectivity index (χ3n) is 4.17. The number of carbonyl (C=O) groups is 1. The molecule has 0 fully saturated rings. The van der Waals surface area contributed by atoms with Gasteiger partial charge in [-0.2, -0.15) is 0 Å². The largest absolute Gasteiger partial charge is 0.494 e. The zero-order valence-corrected chi connectivity index (χ0v) is 17.1. The first-order chi connectivity index (χ1) is 13.0. The lowest BCUT2D eigenvalue weighted by molar-refractivity contribution is -0.137. The highest BCUT2D eigenvalue weighted by atomic mass is 16.5. The molecular formula is C23H34O4. The number of allylic oxidation sites excluding steroid dienone is 4. The van der Waals surface area contributed by atoms with Gasteiger partial charge in [-0.05, 0) is 55.9 Å². The lowest BCUT2D eigenvalue weighted by Crippen LogP contribution is -2.01. The van der Waals surface area contributed by atoms with Crippen molar-refractivity contribution in [3.63, 3.8) is 0 Å². The van der Waals surface area contributed by atoms with E-state index in [1.54, 1.807) is 13.0 Å². The summed E-state index contributed by atoms with van der Waals surface area (Å²) in [6.45, 7) is 15.8. The van der Waals surface area contributed by atoms with Crippen molar-refractivity contribution in [3.8, 4) is 0 Å². The zero-order chi connectivity index (χ0) is 20.1.